The zero-order valence-electron chi connectivity index (χ0n) is 27.3. The molecule has 0 spiro atoms. The van der Waals surface area contributed by atoms with Crippen LogP contribution >= 0.6 is 23.1 Å². The minimum absolute atomic E-state index is 0.118. The van der Waals surface area contributed by atoms with Crippen LogP contribution in [0.3, 0.4) is 0 Å². The van der Waals surface area contributed by atoms with Gasteiger partial charge in [-0.2, -0.15) is 13.2 Å². The predicted molar refractivity (Wildman–Crippen MR) is 185 cm³/mol. The van der Waals surface area contributed by atoms with E-state index in [0.717, 1.165) is 22.3 Å². The number of para-hydroxylation sites is 2. The maximum Gasteiger partial charge on any atom is 0.418 e. The van der Waals surface area contributed by atoms with Crippen LogP contribution in [0.15, 0.2) is 82.6 Å². The standard InChI is InChI=1S/C37H30F3N3O7S2/c1-2-49-35(47)17-11-13-18(14-12-17)43-33(45)28-20-15-21(29(28)34(43)46)30-27(20)26(31-32(51-30)42-36(48)52-31)19-7-3-6-10-24(19)50-16-25(44)41-23-9-5-4-8-22(23)37(38,39)40/h3-14,20-21,26-30H,2,15-16H2,1H3,(H,41,44)(H,42,48)/t20?,21?,26-,27?,28?,29?,30?/m1/s1. The summed E-state index contributed by atoms with van der Waals surface area (Å²) >= 11 is 2.59. The zero-order valence-corrected chi connectivity index (χ0v) is 29.0. The van der Waals surface area contributed by atoms with Gasteiger partial charge in [0.2, 0.25) is 11.8 Å². The highest BCUT2D eigenvalue weighted by Gasteiger charge is 2.70. The number of hydrogen-bond acceptors (Lipinski definition) is 9. The van der Waals surface area contributed by atoms with Crippen molar-refractivity contribution in [2.45, 2.75) is 35.7 Å². The molecule has 2 aliphatic heterocycles. The Morgan fingerprint density at radius 3 is 2.37 bits per heavy atom. The lowest BCUT2D eigenvalue weighted by Crippen LogP contribution is -2.42. The summed E-state index contributed by atoms with van der Waals surface area (Å²) in [7, 11) is 0. The monoisotopic (exact) mass is 749 g/mol. The number of thiazole rings is 1. The molecule has 8 rings (SSSR count). The molecule has 1 aromatic heterocycles. The Morgan fingerprint density at radius 1 is 0.942 bits per heavy atom. The number of benzene rings is 3. The van der Waals surface area contributed by atoms with Gasteiger partial charge in [0.1, 0.15) is 5.75 Å². The molecule has 6 unspecified atom stereocenters. The quantitative estimate of drug-likeness (QED) is 0.158. The van der Waals surface area contributed by atoms with Gasteiger partial charge in [-0.3, -0.25) is 24.1 Å². The van der Waals surface area contributed by atoms with E-state index in [9.17, 15) is 37.1 Å². The topological polar surface area (TPSA) is 135 Å². The van der Waals surface area contributed by atoms with Gasteiger partial charge in [-0.25, -0.2) is 4.79 Å². The number of imide groups is 1. The molecule has 10 nitrogen and oxygen atoms in total. The summed E-state index contributed by atoms with van der Waals surface area (Å²) in [4.78, 5) is 70.8. The van der Waals surface area contributed by atoms with Gasteiger partial charge in [0.25, 0.3) is 5.91 Å². The Hall–Kier alpha value is -4.89. The van der Waals surface area contributed by atoms with Crippen LogP contribution in [0.1, 0.15) is 45.6 Å². The number of fused-ring (bicyclic) bond motifs is 9. The number of alkyl halides is 3. The first-order chi connectivity index (χ1) is 25.0. The molecule has 2 aliphatic carbocycles. The smallest absolute Gasteiger partial charge is 0.418 e. The van der Waals surface area contributed by atoms with E-state index in [1.54, 1.807) is 37.3 Å². The van der Waals surface area contributed by atoms with Gasteiger partial charge in [0.15, 0.2) is 6.61 Å². The van der Waals surface area contributed by atoms with Crippen LogP contribution in [0, 0.1) is 29.6 Å². The van der Waals surface area contributed by atoms with E-state index in [1.165, 1.54) is 47.0 Å². The Morgan fingerprint density at radius 2 is 1.63 bits per heavy atom. The maximum atomic E-state index is 14.2. The largest absolute Gasteiger partial charge is 0.483 e. The highest BCUT2D eigenvalue weighted by Crippen LogP contribution is 2.69. The third kappa shape index (κ3) is 5.61. The van der Waals surface area contributed by atoms with Gasteiger partial charge in [-0.15, -0.1) is 11.8 Å². The second kappa shape index (κ2) is 13.0. The summed E-state index contributed by atoms with van der Waals surface area (Å²) in [5, 5.41) is 2.87. The van der Waals surface area contributed by atoms with Crippen molar-refractivity contribution in [2.24, 2.45) is 29.6 Å². The lowest BCUT2D eigenvalue weighted by Gasteiger charge is -2.43. The molecule has 1 saturated heterocycles. The lowest BCUT2D eigenvalue weighted by molar-refractivity contribution is -0.137. The molecule has 3 heterocycles. The number of H-pyrrole nitrogens is 1. The third-order valence-electron chi connectivity index (χ3n) is 10.5. The molecule has 15 heteroatoms. The number of amides is 3. The first kappa shape index (κ1) is 34.2. The summed E-state index contributed by atoms with van der Waals surface area (Å²) < 4.78 is 51.7. The number of rotatable bonds is 8. The fourth-order valence-corrected chi connectivity index (χ4v) is 11.5. The molecule has 4 aromatic rings. The van der Waals surface area contributed by atoms with Gasteiger partial charge in [-0.05, 0) is 73.6 Å². The van der Waals surface area contributed by atoms with E-state index in [0.29, 0.717) is 34.0 Å². The molecular weight excluding hydrogens is 720 g/mol. The van der Waals surface area contributed by atoms with Crippen molar-refractivity contribution in [3.8, 4) is 5.75 Å². The van der Waals surface area contributed by atoms with E-state index in [-0.39, 0.29) is 52.0 Å². The van der Waals surface area contributed by atoms with Crippen LogP contribution in [-0.4, -0.2) is 47.1 Å². The van der Waals surface area contributed by atoms with Crippen molar-refractivity contribution in [3.05, 3.63) is 104 Å². The number of esters is 1. The average Bonchev–Trinajstić information content (AvgIpc) is 3.86. The van der Waals surface area contributed by atoms with Crippen LogP contribution in [-0.2, 0) is 25.3 Å². The number of nitrogens with zero attached hydrogens (tertiary/aromatic N) is 1. The number of ether oxygens (including phenoxy) is 2. The molecule has 52 heavy (non-hydrogen) atoms. The highest BCUT2D eigenvalue weighted by molar-refractivity contribution is 8.00. The summed E-state index contributed by atoms with van der Waals surface area (Å²) in [5.41, 5.74) is -0.0134. The number of anilines is 2. The molecule has 3 amide bonds. The minimum Gasteiger partial charge on any atom is -0.483 e. The first-order valence-electron chi connectivity index (χ1n) is 16.7. The van der Waals surface area contributed by atoms with Crippen molar-refractivity contribution in [1.29, 1.82) is 0 Å². The van der Waals surface area contributed by atoms with Crippen molar-refractivity contribution in [2.75, 3.05) is 23.4 Å². The maximum absolute atomic E-state index is 14.2. The normalized spacial score (nSPS) is 25.8. The van der Waals surface area contributed by atoms with E-state index >= 15 is 0 Å². The first-order valence-corrected chi connectivity index (χ1v) is 18.4. The van der Waals surface area contributed by atoms with Crippen LogP contribution in [0.25, 0.3) is 0 Å². The van der Waals surface area contributed by atoms with Crippen molar-refractivity contribution in [3.63, 3.8) is 0 Å². The molecule has 268 valence electrons. The van der Waals surface area contributed by atoms with Crippen LogP contribution in [0.2, 0.25) is 0 Å². The van der Waals surface area contributed by atoms with E-state index in [4.69, 9.17) is 9.47 Å². The van der Waals surface area contributed by atoms with Gasteiger partial charge in [0.05, 0.1) is 46.0 Å². The molecule has 2 bridgehead atoms. The SMILES string of the molecule is CCOC(=O)c1ccc(N2C(=O)C3C4CC(C3C2=O)C2C4Sc3[nH]c(=O)sc3[C@@H]2c2ccccc2OCC(=O)Nc2ccccc2C(F)(F)F)cc1. The molecule has 3 fully saturated rings. The summed E-state index contributed by atoms with van der Waals surface area (Å²) in [5.74, 6) is -3.65. The number of carbonyl (C=O) groups excluding carboxylic acids is 4. The Balaban J connectivity index is 1.08. The number of carbonyl (C=O) groups is 4. The Labute approximate surface area is 302 Å². The number of halogens is 3. The van der Waals surface area contributed by atoms with Crippen molar-refractivity contribution < 1.29 is 41.8 Å². The summed E-state index contributed by atoms with van der Waals surface area (Å²) in [6.45, 7) is 1.33. The lowest BCUT2D eigenvalue weighted by atomic mass is 9.68. The molecule has 0 radical (unpaired) electrons. The zero-order chi connectivity index (χ0) is 36.5. The second-order valence-corrected chi connectivity index (χ2v) is 15.4. The molecule has 2 N–H and O–H groups in total. The van der Waals surface area contributed by atoms with Crippen LogP contribution in [0.5, 0.6) is 5.75 Å². The molecule has 7 atom stereocenters. The second-order valence-electron chi connectivity index (χ2n) is 13.2. The van der Waals surface area contributed by atoms with Gasteiger partial charge in [0, 0.05) is 21.6 Å². The summed E-state index contributed by atoms with van der Waals surface area (Å²) in [6.07, 6.45) is -4.02. The number of nitrogens with one attached hydrogen (secondary N) is 2. The average molecular weight is 750 g/mol. The summed E-state index contributed by atoms with van der Waals surface area (Å²) in [6, 6.07) is 17.9. The minimum atomic E-state index is -4.67. The predicted octanol–water partition coefficient (Wildman–Crippen LogP) is 6.33. The van der Waals surface area contributed by atoms with Crippen molar-refractivity contribution >= 4 is 58.2 Å². The fraction of sp³-hybridized carbons (Fsp3) is 0.324. The van der Waals surface area contributed by atoms with E-state index < -0.39 is 48.0 Å². The van der Waals surface area contributed by atoms with Gasteiger partial charge < -0.3 is 19.8 Å². The highest BCUT2D eigenvalue weighted by atomic mass is 32.2. The van der Waals surface area contributed by atoms with E-state index in [1.807, 2.05) is 6.07 Å². The van der Waals surface area contributed by atoms with Crippen molar-refractivity contribution in [1.82, 2.24) is 4.98 Å². The molecular formula is C37H30F3N3O7S2. The molecule has 3 aromatic carbocycles. The molecule has 2 saturated carbocycles. The Kier molecular flexibility index (Phi) is 8.52. The number of hydrogen-bond donors (Lipinski definition) is 2. The van der Waals surface area contributed by atoms with E-state index in [2.05, 4.69) is 10.3 Å². The number of aromatic amines is 1. The molecule has 4 aliphatic rings. The van der Waals surface area contributed by atoms with Gasteiger partial charge in [-0.1, -0.05) is 41.7 Å². The number of aromatic nitrogens is 1. The fourth-order valence-electron chi connectivity index (χ4n) is 8.62. The Bertz CT molecular complexity index is 2170. The number of thioether (sulfide) groups is 1. The third-order valence-corrected chi connectivity index (χ3v) is 13.1. The van der Waals surface area contributed by atoms with Crippen LogP contribution < -0.4 is 19.8 Å². The van der Waals surface area contributed by atoms with Gasteiger partial charge >= 0.3 is 17.0 Å². The van der Waals surface area contributed by atoms with Crippen LogP contribution in [0.4, 0.5) is 24.5 Å².